The molecule has 1 aliphatic rings. The van der Waals surface area contributed by atoms with Crippen LogP contribution in [0.15, 0.2) is 0 Å². The highest BCUT2D eigenvalue weighted by Crippen LogP contribution is 2.38. The molecule has 0 aromatic heterocycles. The highest BCUT2D eigenvalue weighted by molar-refractivity contribution is 4.87. The van der Waals surface area contributed by atoms with Gasteiger partial charge >= 0.3 is 0 Å². The van der Waals surface area contributed by atoms with Crippen LogP contribution in [0.3, 0.4) is 0 Å². The van der Waals surface area contributed by atoms with Crippen molar-refractivity contribution in [1.82, 2.24) is 0 Å². The second-order valence-corrected chi connectivity index (χ2v) is 5.86. The lowest BCUT2D eigenvalue weighted by Crippen LogP contribution is -2.30. The predicted molar refractivity (Wildman–Crippen MR) is 75.4 cm³/mol. The van der Waals surface area contributed by atoms with Gasteiger partial charge in [-0.15, -0.1) is 0 Å². The Morgan fingerprint density at radius 1 is 1.12 bits per heavy atom. The van der Waals surface area contributed by atoms with E-state index in [9.17, 15) is 0 Å². The van der Waals surface area contributed by atoms with E-state index < -0.39 is 0 Å². The van der Waals surface area contributed by atoms with Gasteiger partial charge in [-0.05, 0) is 31.6 Å². The molecule has 1 nitrogen and oxygen atoms in total. The Hall–Kier alpha value is -0.0400. The summed E-state index contributed by atoms with van der Waals surface area (Å²) in [7, 11) is 0. The minimum atomic E-state index is 0.268. The zero-order valence-corrected chi connectivity index (χ0v) is 12.3. The van der Waals surface area contributed by atoms with Gasteiger partial charge in [0.1, 0.15) is 0 Å². The lowest BCUT2D eigenvalue weighted by Gasteiger charge is -2.32. The summed E-state index contributed by atoms with van der Waals surface area (Å²) in [5.74, 6) is 0.893. The van der Waals surface area contributed by atoms with Crippen LogP contribution in [0.5, 0.6) is 0 Å². The van der Waals surface area contributed by atoms with Gasteiger partial charge in [0, 0.05) is 6.61 Å². The van der Waals surface area contributed by atoms with Crippen LogP contribution in [-0.2, 0) is 4.74 Å². The molecule has 1 heteroatoms. The van der Waals surface area contributed by atoms with Crippen molar-refractivity contribution in [3.63, 3.8) is 0 Å². The third kappa shape index (κ3) is 4.99. The molecule has 0 radical (unpaired) electrons. The lowest BCUT2D eigenvalue weighted by atomic mass is 9.81. The van der Waals surface area contributed by atoms with Crippen LogP contribution in [0, 0.1) is 5.92 Å². The van der Waals surface area contributed by atoms with Crippen molar-refractivity contribution in [2.45, 2.75) is 90.6 Å². The summed E-state index contributed by atoms with van der Waals surface area (Å²) in [5, 5.41) is 0. The first-order valence-corrected chi connectivity index (χ1v) is 7.90. The molecule has 2 atom stereocenters. The Morgan fingerprint density at radius 2 is 1.88 bits per heavy atom. The molecule has 2 unspecified atom stereocenters. The summed E-state index contributed by atoms with van der Waals surface area (Å²) >= 11 is 0. The van der Waals surface area contributed by atoms with Crippen LogP contribution in [0.4, 0.5) is 0 Å². The van der Waals surface area contributed by atoms with Crippen LogP contribution in [0.25, 0.3) is 0 Å². The van der Waals surface area contributed by atoms with Gasteiger partial charge in [-0.1, -0.05) is 59.3 Å². The molecule has 1 aliphatic heterocycles. The first-order valence-electron chi connectivity index (χ1n) is 7.90. The molecule has 0 spiro atoms. The molecule has 0 N–H and O–H groups in total. The molecule has 102 valence electrons. The molecule has 0 saturated carbocycles. The maximum absolute atomic E-state index is 6.15. The second-order valence-electron chi connectivity index (χ2n) is 5.86. The van der Waals surface area contributed by atoms with E-state index in [1.54, 1.807) is 0 Å². The maximum atomic E-state index is 6.15. The zero-order chi connectivity index (χ0) is 12.6. The summed E-state index contributed by atoms with van der Waals surface area (Å²) < 4.78 is 6.15. The van der Waals surface area contributed by atoms with Gasteiger partial charge in [-0.25, -0.2) is 0 Å². The summed E-state index contributed by atoms with van der Waals surface area (Å²) in [5.41, 5.74) is 0.268. The summed E-state index contributed by atoms with van der Waals surface area (Å²) in [6, 6.07) is 0. The van der Waals surface area contributed by atoms with E-state index in [-0.39, 0.29) is 5.60 Å². The number of unbranched alkanes of at least 4 members (excludes halogenated alkanes) is 2. The van der Waals surface area contributed by atoms with Gasteiger partial charge in [0.2, 0.25) is 0 Å². The summed E-state index contributed by atoms with van der Waals surface area (Å²) in [6.07, 6.45) is 13.3. The van der Waals surface area contributed by atoms with Crippen molar-refractivity contribution >= 4 is 0 Å². The van der Waals surface area contributed by atoms with Crippen molar-refractivity contribution in [2.75, 3.05) is 6.61 Å². The normalized spacial score (nSPS) is 26.3. The van der Waals surface area contributed by atoms with Crippen LogP contribution in [0.2, 0.25) is 0 Å². The van der Waals surface area contributed by atoms with Crippen LogP contribution >= 0.6 is 0 Å². The van der Waals surface area contributed by atoms with Gasteiger partial charge in [0.15, 0.2) is 0 Å². The topological polar surface area (TPSA) is 9.23 Å². The fraction of sp³-hybridized carbons (Fsp3) is 1.00. The monoisotopic (exact) mass is 240 g/mol. The van der Waals surface area contributed by atoms with Crippen LogP contribution < -0.4 is 0 Å². The van der Waals surface area contributed by atoms with Gasteiger partial charge in [0.05, 0.1) is 5.60 Å². The third-order valence-electron chi connectivity index (χ3n) is 4.37. The zero-order valence-electron chi connectivity index (χ0n) is 12.3. The van der Waals surface area contributed by atoms with Gasteiger partial charge in [0.25, 0.3) is 0 Å². The fourth-order valence-corrected chi connectivity index (χ4v) is 3.18. The second kappa shape index (κ2) is 8.13. The standard InChI is InChI=1S/C16H32O/c1-4-7-10-15(6-3)14-16(11-8-5-2)12-9-13-17-16/h15H,4-14H2,1-3H3. The highest BCUT2D eigenvalue weighted by atomic mass is 16.5. The summed E-state index contributed by atoms with van der Waals surface area (Å²) in [6.45, 7) is 7.94. The molecule has 0 aromatic rings. The molecule has 1 saturated heterocycles. The Bertz CT molecular complexity index is 182. The Kier molecular flexibility index (Phi) is 7.18. The van der Waals surface area contributed by atoms with E-state index in [0.717, 1.165) is 12.5 Å². The Morgan fingerprint density at radius 3 is 2.41 bits per heavy atom. The quantitative estimate of drug-likeness (QED) is 0.529. The van der Waals surface area contributed by atoms with Crippen molar-refractivity contribution in [3.8, 4) is 0 Å². The minimum absolute atomic E-state index is 0.268. The molecule has 1 fully saturated rings. The lowest BCUT2D eigenvalue weighted by molar-refractivity contribution is -0.0249. The molecule has 17 heavy (non-hydrogen) atoms. The van der Waals surface area contributed by atoms with E-state index in [4.69, 9.17) is 4.74 Å². The Balaban J connectivity index is 2.45. The predicted octanol–water partition coefficient (Wildman–Crippen LogP) is 5.33. The minimum Gasteiger partial charge on any atom is -0.375 e. The maximum Gasteiger partial charge on any atom is 0.0686 e. The van der Waals surface area contributed by atoms with E-state index in [2.05, 4.69) is 20.8 Å². The fourth-order valence-electron chi connectivity index (χ4n) is 3.18. The highest BCUT2D eigenvalue weighted by Gasteiger charge is 2.35. The number of rotatable bonds is 9. The van der Waals surface area contributed by atoms with Gasteiger partial charge in [-0.2, -0.15) is 0 Å². The number of ether oxygens (including phenoxy) is 1. The van der Waals surface area contributed by atoms with Crippen molar-refractivity contribution in [3.05, 3.63) is 0 Å². The Labute approximate surface area is 108 Å². The van der Waals surface area contributed by atoms with E-state index in [1.807, 2.05) is 0 Å². The molecule has 1 heterocycles. The van der Waals surface area contributed by atoms with Crippen LogP contribution in [-0.4, -0.2) is 12.2 Å². The van der Waals surface area contributed by atoms with Gasteiger partial charge < -0.3 is 4.74 Å². The van der Waals surface area contributed by atoms with Crippen LogP contribution in [0.1, 0.15) is 85.0 Å². The molecule has 0 bridgehead atoms. The first kappa shape index (κ1) is 15.0. The average Bonchev–Trinajstić information content (AvgIpc) is 2.81. The smallest absolute Gasteiger partial charge is 0.0686 e. The number of hydrogen-bond donors (Lipinski definition) is 0. The SMILES string of the molecule is CCCCC(CC)CC1(CCCC)CCCO1. The van der Waals surface area contributed by atoms with Crippen molar-refractivity contribution in [1.29, 1.82) is 0 Å². The molecular weight excluding hydrogens is 208 g/mol. The van der Waals surface area contributed by atoms with E-state index >= 15 is 0 Å². The van der Waals surface area contributed by atoms with Crippen molar-refractivity contribution in [2.24, 2.45) is 5.92 Å². The van der Waals surface area contributed by atoms with E-state index in [0.29, 0.717) is 0 Å². The molecule has 0 aromatic carbocycles. The molecule has 0 aliphatic carbocycles. The van der Waals surface area contributed by atoms with Crippen molar-refractivity contribution < 1.29 is 4.74 Å². The first-order chi connectivity index (χ1) is 8.26. The molecular formula is C16H32O. The molecule has 1 rings (SSSR count). The van der Waals surface area contributed by atoms with E-state index in [1.165, 1.54) is 64.2 Å². The largest absolute Gasteiger partial charge is 0.375 e. The third-order valence-corrected chi connectivity index (χ3v) is 4.37. The molecule has 0 amide bonds. The summed E-state index contributed by atoms with van der Waals surface area (Å²) in [4.78, 5) is 0. The van der Waals surface area contributed by atoms with Gasteiger partial charge in [-0.3, -0.25) is 0 Å². The average molecular weight is 240 g/mol. The number of hydrogen-bond acceptors (Lipinski definition) is 1.